The standard InChI is InChI=1S/C16H27NO4/c1-2-21-15(19)13(16(20)10-6-3-7-11-16)17-14(18)12-8-4-5-9-12/h12-13,20H,2-11H2,1H3,(H,17,18). The van der Waals surface area contributed by atoms with E-state index >= 15 is 0 Å². The van der Waals surface area contributed by atoms with Gasteiger partial charge in [-0.1, -0.05) is 32.1 Å². The van der Waals surface area contributed by atoms with Gasteiger partial charge in [-0.3, -0.25) is 4.79 Å². The summed E-state index contributed by atoms with van der Waals surface area (Å²) < 4.78 is 5.07. The van der Waals surface area contributed by atoms with Crippen molar-refractivity contribution < 1.29 is 19.4 Å². The zero-order valence-corrected chi connectivity index (χ0v) is 12.9. The predicted molar refractivity (Wildman–Crippen MR) is 78.6 cm³/mol. The van der Waals surface area contributed by atoms with Crippen LogP contribution in [-0.4, -0.2) is 35.2 Å². The molecule has 2 rings (SSSR count). The highest BCUT2D eigenvalue weighted by Gasteiger charge is 2.44. The van der Waals surface area contributed by atoms with E-state index < -0.39 is 17.6 Å². The van der Waals surface area contributed by atoms with Gasteiger partial charge in [-0.25, -0.2) is 4.79 Å². The van der Waals surface area contributed by atoms with Crippen LogP contribution < -0.4 is 5.32 Å². The molecular weight excluding hydrogens is 270 g/mol. The van der Waals surface area contributed by atoms with E-state index in [1.165, 1.54) is 0 Å². The van der Waals surface area contributed by atoms with Crippen molar-refractivity contribution in [2.75, 3.05) is 6.61 Å². The molecule has 0 saturated heterocycles. The number of aliphatic hydroxyl groups is 1. The van der Waals surface area contributed by atoms with Gasteiger partial charge in [-0.2, -0.15) is 0 Å². The van der Waals surface area contributed by atoms with Gasteiger partial charge in [0.25, 0.3) is 0 Å². The molecule has 0 aromatic rings. The maximum absolute atomic E-state index is 12.3. The molecule has 2 aliphatic rings. The molecule has 5 heteroatoms. The Labute approximate surface area is 126 Å². The van der Waals surface area contributed by atoms with E-state index in [-0.39, 0.29) is 18.4 Å². The minimum absolute atomic E-state index is 0.0193. The first-order chi connectivity index (χ1) is 10.1. The fourth-order valence-electron chi connectivity index (χ4n) is 3.54. The van der Waals surface area contributed by atoms with Crippen LogP contribution in [-0.2, 0) is 14.3 Å². The van der Waals surface area contributed by atoms with Crippen LogP contribution in [0.15, 0.2) is 0 Å². The molecule has 0 radical (unpaired) electrons. The maximum atomic E-state index is 12.3. The van der Waals surface area contributed by atoms with E-state index in [1.807, 2.05) is 0 Å². The Balaban J connectivity index is 2.07. The van der Waals surface area contributed by atoms with Crippen LogP contribution in [0.5, 0.6) is 0 Å². The molecule has 0 aromatic heterocycles. The number of hydrogen-bond acceptors (Lipinski definition) is 4. The second-order valence-electron chi connectivity index (χ2n) is 6.34. The largest absolute Gasteiger partial charge is 0.464 e. The number of carbonyl (C=O) groups excluding carboxylic acids is 2. The van der Waals surface area contributed by atoms with E-state index in [4.69, 9.17) is 4.74 Å². The average molecular weight is 297 g/mol. The number of ether oxygens (including phenoxy) is 1. The quantitative estimate of drug-likeness (QED) is 0.760. The summed E-state index contributed by atoms with van der Waals surface area (Å²) in [6.07, 6.45) is 7.78. The lowest BCUT2D eigenvalue weighted by Crippen LogP contribution is -2.59. The molecule has 0 aliphatic heterocycles. The van der Waals surface area contributed by atoms with Crippen LogP contribution in [0.4, 0.5) is 0 Å². The summed E-state index contributed by atoms with van der Waals surface area (Å²) in [6, 6.07) is -0.925. The molecule has 0 aromatic carbocycles. The van der Waals surface area contributed by atoms with Crippen molar-refractivity contribution >= 4 is 11.9 Å². The minimum atomic E-state index is -1.15. The maximum Gasteiger partial charge on any atom is 0.331 e. The Hall–Kier alpha value is -1.10. The molecule has 2 N–H and O–H groups in total. The van der Waals surface area contributed by atoms with E-state index in [2.05, 4.69) is 5.32 Å². The number of carbonyl (C=O) groups is 2. The molecule has 1 unspecified atom stereocenters. The second kappa shape index (κ2) is 7.25. The Morgan fingerprint density at radius 2 is 1.81 bits per heavy atom. The molecule has 1 amide bonds. The SMILES string of the molecule is CCOC(=O)C(NC(=O)C1CCCC1)C1(O)CCCCC1. The van der Waals surface area contributed by atoms with Gasteiger partial charge in [0.1, 0.15) is 0 Å². The van der Waals surface area contributed by atoms with Crippen molar-refractivity contribution in [3.05, 3.63) is 0 Å². The summed E-state index contributed by atoms with van der Waals surface area (Å²) >= 11 is 0. The summed E-state index contributed by atoms with van der Waals surface area (Å²) in [5.41, 5.74) is -1.15. The highest BCUT2D eigenvalue weighted by molar-refractivity contribution is 5.86. The fourth-order valence-corrected chi connectivity index (χ4v) is 3.54. The monoisotopic (exact) mass is 297 g/mol. The van der Waals surface area contributed by atoms with Crippen molar-refractivity contribution in [2.45, 2.75) is 76.4 Å². The van der Waals surface area contributed by atoms with E-state index in [9.17, 15) is 14.7 Å². The number of esters is 1. The fraction of sp³-hybridized carbons (Fsp3) is 0.875. The number of hydrogen-bond donors (Lipinski definition) is 2. The zero-order chi connectivity index (χ0) is 15.3. The van der Waals surface area contributed by atoms with Crippen LogP contribution >= 0.6 is 0 Å². The van der Waals surface area contributed by atoms with Gasteiger partial charge in [-0.05, 0) is 32.6 Å². The summed E-state index contributed by atoms with van der Waals surface area (Å²) in [4.78, 5) is 24.5. The topological polar surface area (TPSA) is 75.6 Å². The number of rotatable bonds is 5. The van der Waals surface area contributed by atoms with Crippen LogP contribution in [0.25, 0.3) is 0 Å². The van der Waals surface area contributed by atoms with Gasteiger partial charge in [0.05, 0.1) is 12.2 Å². The molecule has 0 heterocycles. The lowest BCUT2D eigenvalue weighted by Gasteiger charge is -2.38. The number of nitrogens with one attached hydrogen (secondary N) is 1. The molecule has 0 spiro atoms. The van der Waals surface area contributed by atoms with Crippen molar-refractivity contribution in [1.82, 2.24) is 5.32 Å². The van der Waals surface area contributed by atoms with Gasteiger partial charge < -0.3 is 15.2 Å². The van der Waals surface area contributed by atoms with Gasteiger partial charge >= 0.3 is 5.97 Å². The predicted octanol–water partition coefficient (Wildman–Crippen LogP) is 1.92. The Morgan fingerprint density at radius 1 is 1.19 bits per heavy atom. The minimum Gasteiger partial charge on any atom is -0.464 e. The first kappa shape index (κ1) is 16.3. The van der Waals surface area contributed by atoms with Gasteiger partial charge in [0.15, 0.2) is 6.04 Å². The molecule has 0 bridgehead atoms. The molecule has 21 heavy (non-hydrogen) atoms. The van der Waals surface area contributed by atoms with E-state index in [0.717, 1.165) is 44.9 Å². The highest BCUT2D eigenvalue weighted by atomic mass is 16.5. The van der Waals surface area contributed by atoms with Crippen molar-refractivity contribution in [1.29, 1.82) is 0 Å². The Kier molecular flexibility index (Phi) is 5.62. The summed E-state index contributed by atoms with van der Waals surface area (Å²) in [5, 5.41) is 13.6. The third-order valence-corrected chi connectivity index (χ3v) is 4.79. The summed E-state index contributed by atoms with van der Waals surface area (Å²) in [7, 11) is 0. The second-order valence-corrected chi connectivity index (χ2v) is 6.34. The molecule has 120 valence electrons. The van der Waals surface area contributed by atoms with Crippen LogP contribution in [0.1, 0.15) is 64.7 Å². The molecule has 1 atom stereocenters. The molecule has 5 nitrogen and oxygen atoms in total. The van der Waals surface area contributed by atoms with Gasteiger partial charge in [-0.15, -0.1) is 0 Å². The molecule has 2 saturated carbocycles. The average Bonchev–Trinajstić information content (AvgIpc) is 2.99. The first-order valence-electron chi connectivity index (χ1n) is 8.26. The van der Waals surface area contributed by atoms with Gasteiger partial charge in [0, 0.05) is 5.92 Å². The molecule has 2 fully saturated rings. The van der Waals surface area contributed by atoms with Crippen LogP contribution in [0.3, 0.4) is 0 Å². The Morgan fingerprint density at radius 3 is 2.38 bits per heavy atom. The zero-order valence-electron chi connectivity index (χ0n) is 12.9. The third kappa shape index (κ3) is 3.96. The summed E-state index contributed by atoms with van der Waals surface area (Å²) in [6.45, 7) is 1.99. The van der Waals surface area contributed by atoms with Crippen molar-refractivity contribution in [3.63, 3.8) is 0 Å². The first-order valence-corrected chi connectivity index (χ1v) is 8.26. The van der Waals surface area contributed by atoms with Crippen molar-refractivity contribution in [2.24, 2.45) is 5.92 Å². The molecular formula is C16H27NO4. The normalized spacial score (nSPS) is 23.5. The lowest BCUT2D eigenvalue weighted by molar-refractivity contribution is -0.158. The Bertz CT molecular complexity index is 370. The van der Waals surface area contributed by atoms with Crippen LogP contribution in [0.2, 0.25) is 0 Å². The summed E-state index contributed by atoms with van der Waals surface area (Å²) in [5.74, 6) is -0.632. The van der Waals surface area contributed by atoms with Crippen LogP contribution in [0, 0.1) is 5.92 Å². The lowest BCUT2D eigenvalue weighted by atomic mass is 9.79. The number of amides is 1. The molecule has 2 aliphatic carbocycles. The van der Waals surface area contributed by atoms with Gasteiger partial charge in [0.2, 0.25) is 5.91 Å². The smallest absolute Gasteiger partial charge is 0.331 e. The van der Waals surface area contributed by atoms with E-state index in [0.29, 0.717) is 12.8 Å². The highest BCUT2D eigenvalue weighted by Crippen LogP contribution is 2.32. The third-order valence-electron chi connectivity index (χ3n) is 4.79. The van der Waals surface area contributed by atoms with Crippen molar-refractivity contribution in [3.8, 4) is 0 Å². The van der Waals surface area contributed by atoms with E-state index in [1.54, 1.807) is 6.92 Å².